The van der Waals surface area contributed by atoms with E-state index in [1.165, 1.54) is 37.0 Å². The number of hydrogen-bond acceptors (Lipinski definition) is 4. The molecule has 0 aromatic heterocycles. The van der Waals surface area contributed by atoms with Crippen LogP contribution >= 0.6 is 0 Å². The first-order chi connectivity index (χ1) is 12.2. The van der Waals surface area contributed by atoms with Gasteiger partial charge in [0.2, 0.25) is 5.91 Å². The number of hydrogen-bond donors (Lipinski definition) is 1. The normalized spacial score (nSPS) is 22.8. The highest BCUT2D eigenvalue weighted by Gasteiger charge is 2.40. The van der Waals surface area contributed by atoms with Gasteiger partial charge in [0.05, 0.1) is 24.8 Å². The van der Waals surface area contributed by atoms with Gasteiger partial charge in [-0.1, -0.05) is 32.1 Å². The molecule has 1 saturated carbocycles. The molecule has 0 radical (unpaired) electrons. The summed E-state index contributed by atoms with van der Waals surface area (Å²) in [5.74, 6) is 0.489. The van der Waals surface area contributed by atoms with E-state index in [2.05, 4.69) is 5.32 Å². The number of carbonyl (C=O) groups is 2. The van der Waals surface area contributed by atoms with Gasteiger partial charge in [-0.15, -0.1) is 0 Å². The van der Waals surface area contributed by atoms with Crippen molar-refractivity contribution in [2.45, 2.75) is 70.4 Å². The molecule has 25 heavy (non-hydrogen) atoms. The molecule has 1 aromatic rings. The molecule has 1 aliphatic heterocycles. The van der Waals surface area contributed by atoms with Crippen LogP contribution in [0.1, 0.15) is 58.3 Å². The van der Waals surface area contributed by atoms with Crippen LogP contribution in [0.2, 0.25) is 0 Å². The number of nitrogens with one attached hydrogen (secondary N) is 1. The van der Waals surface area contributed by atoms with Crippen molar-refractivity contribution < 1.29 is 14.3 Å². The first-order valence-corrected chi connectivity index (χ1v) is 9.54. The summed E-state index contributed by atoms with van der Waals surface area (Å²) in [5.41, 5.74) is 0.625. The first-order valence-electron chi connectivity index (χ1n) is 9.54. The smallest absolute Gasteiger partial charge is 0.251 e. The van der Waals surface area contributed by atoms with Crippen LogP contribution in [0.25, 0.3) is 0 Å². The second-order valence-electron chi connectivity index (χ2n) is 6.96. The lowest BCUT2D eigenvalue weighted by Gasteiger charge is -2.24. The quantitative estimate of drug-likeness (QED) is 0.832. The summed E-state index contributed by atoms with van der Waals surface area (Å²) >= 11 is 0. The predicted molar refractivity (Wildman–Crippen MR) is 97.8 cm³/mol. The Morgan fingerprint density at radius 2 is 1.68 bits per heavy atom. The van der Waals surface area contributed by atoms with Gasteiger partial charge in [0.1, 0.15) is 5.75 Å². The minimum Gasteiger partial charge on any atom is -0.494 e. The minimum absolute atomic E-state index is 0.127. The summed E-state index contributed by atoms with van der Waals surface area (Å²) in [7, 11) is 0. The van der Waals surface area contributed by atoms with Crippen LogP contribution in [-0.4, -0.2) is 30.5 Å². The average molecular weight is 344 g/mol. The number of imide groups is 1. The zero-order chi connectivity index (χ0) is 17.6. The van der Waals surface area contributed by atoms with Crippen LogP contribution < -0.4 is 15.0 Å². The molecule has 3 rings (SSSR count). The Bertz CT molecular complexity index is 591. The molecule has 0 bridgehead atoms. The molecule has 136 valence electrons. The van der Waals surface area contributed by atoms with Crippen molar-refractivity contribution in [3.8, 4) is 5.75 Å². The number of amides is 2. The van der Waals surface area contributed by atoms with Gasteiger partial charge in [-0.3, -0.25) is 9.59 Å². The summed E-state index contributed by atoms with van der Waals surface area (Å²) in [4.78, 5) is 26.5. The number of carbonyl (C=O) groups excluding carboxylic acids is 2. The molecule has 1 atom stereocenters. The maximum Gasteiger partial charge on any atom is 0.251 e. The third-order valence-electron chi connectivity index (χ3n) is 5.09. The van der Waals surface area contributed by atoms with E-state index in [1.54, 1.807) is 24.3 Å². The third kappa shape index (κ3) is 4.40. The van der Waals surface area contributed by atoms with E-state index >= 15 is 0 Å². The fourth-order valence-electron chi connectivity index (χ4n) is 3.80. The van der Waals surface area contributed by atoms with Gasteiger partial charge in [0, 0.05) is 6.04 Å². The van der Waals surface area contributed by atoms with E-state index in [-0.39, 0.29) is 24.3 Å². The molecule has 5 nitrogen and oxygen atoms in total. The van der Waals surface area contributed by atoms with Crippen molar-refractivity contribution >= 4 is 17.5 Å². The van der Waals surface area contributed by atoms with Gasteiger partial charge < -0.3 is 10.1 Å². The monoisotopic (exact) mass is 344 g/mol. The number of benzene rings is 1. The predicted octanol–water partition coefficient (Wildman–Crippen LogP) is 3.42. The highest BCUT2D eigenvalue weighted by Crippen LogP contribution is 2.26. The number of nitrogens with zero attached hydrogens (tertiary/aromatic N) is 1. The Labute approximate surface area is 149 Å². The maximum absolute atomic E-state index is 12.8. The first kappa shape index (κ1) is 17.9. The molecule has 1 N–H and O–H groups in total. The highest BCUT2D eigenvalue weighted by molar-refractivity contribution is 6.22. The Kier molecular flexibility index (Phi) is 6.08. The Morgan fingerprint density at radius 1 is 1.04 bits per heavy atom. The Hall–Kier alpha value is -1.88. The van der Waals surface area contributed by atoms with Gasteiger partial charge in [0.15, 0.2) is 0 Å². The zero-order valence-corrected chi connectivity index (χ0v) is 15.0. The minimum atomic E-state index is -0.386. The summed E-state index contributed by atoms with van der Waals surface area (Å²) in [5, 5.41) is 3.46. The summed E-state index contributed by atoms with van der Waals surface area (Å²) in [6.07, 6.45) is 8.72. The summed E-state index contributed by atoms with van der Waals surface area (Å²) < 4.78 is 5.42. The molecule has 2 aliphatic rings. The van der Waals surface area contributed by atoms with Crippen LogP contribution in [0.15, 0.2) is 24.3 Å². The van der Waals surface area contributed by atoms with E-state index in [0.29, 0.717) is 18.3 Å². The van der Waals surface area contributed by atoms with Crippen molar-refractivity contribution in [2.24, 2.45) is 0 Å². The highest BCUT2D eigenvalue weighted by atomic mass is 16.5. The fraction of sp³-hybridized carbons (Fsp3) is 0.600. The SMILES string of the molecule is CCOc1ccc(N2C(=O)C[C@@H](NC3CCCCCCC3)C2=O)cc1. The van der Waals surface area contributed by atoms with Crippen LogP contribution in [0.5, 0.6) is 5.75 Å². The van der Waals surface area contributed by atoms with Crippen LogP contribution in [-0.2, 0) is 9.59 Å². The molecule has 0 spiro atoms. The zero-order valence-electron chi connectivity index (χ0n) is 15.0. The molecular weight excluding hydrogens is 316 g/mol. The van der Waals surface area contributed by atoms with Gasteiger partial charge >= 0.3 is 0 Å². The van der Waals surface area contributed by atoms with Crippen molar-refractivity contribution in [3.63, 3.8) is 0 Å². The lowest BCUT2D eigenvalue weighted by Crippen LogP contribution is -2.44. The molecule has 0 unspecified atom stereocenters. The van der Waals surface area contributed by atoms with Gasteiger partial charge in [-0.2, -0.15) is 0 Å². The maximum atomic E-state index is 12.8. The van der Waals surface area contributed by atoms with Crippen LogP contribution in [0.3, 0.4) is 0 Å². The van der Waals surface area contributed by atoms with Crippen LogP contribution in [0, 0.1) is 0 Å². The Balaban J connectivity index is 1.64. The second-order valence-corrected chi connectivity index (χ2v) is 6.96. The van der Waals surface area contributed by atoms with Gasteiger partial charge in [0.25, 0.3) is 5.91 Å². The van der Waals surface area contributed by atoms with Crippen molar-refractivity contribution in [3.05, 3.63) is 24.3 Å². The van der Waals surface area contributed by atoms with Gasteiger partial charge in [-0.05, 0) is 44.0 Å². The van der Waals surface area contributed by atoms with E-state index in [4.69, 9.17) is 4.74 Å². The molecule has 1 heterocycles. The molecule has 2 fully saturated rings. The molecule has 2 amide bonds. The number of rotatable bonds is 5. The van der Waals surface area contributed by atoms with E-state index in [1.807, 2.05) is 6.92 Å². The van der Waals surface area contributed by atoms with Crippen molar-refractivity contribution in [2.75, 3.05) is 11.5 Å². The van der Waals surface area contributed by atoms with E-state index < -0.39 is 0 Å². The topological polar surface area (TPSA) is 58.6 Å². The average Bonchev–Trinajstić information content (AvgIpc) is 2.85. The summed E-state index contributed by atoms with van der Waals surface area (Å²) in [6.45, 7) is 2.52. The molecule has 1 saturated heterocycles. The fourth-order valence-corrected chi connectivity index (χ4v) is 3.80. The molecule has 5 heteroatoms. The van der Waals surface area contributed by atoms with Crippen molar-refractivity contribution in [1.82, 2.24) is 5.32 Å². The second kappa shape index (κ2) is 8.48. The lowest BCUT2D eigenvalue weighted by atomic mass is 9.96. The number of ether oxygens (including phenoxy) is 1. The van der Waals surface area contributed by atoms with Gasteiger partial charge in [-0.25, -0.2) is 4.90 Å². The van der Waals surface area contributed by atoms with E-state index in [9.17, 15) is 9.59 Å². The van der Waals surface area contributed by atoms with Crippen LogP contribution in [0.4, 0.5) is 5.69 Å². The molecule has 1 aliphatic carbocycles. The third-order valence-corrected chi connectivity index (χ3v) is 5.09. The van der Waals surface area contributed by atoms with E-state index in [0.717, 1.165) is 18.6 Å². The Morgan fingerprint density at radius 3 is 2.32 bits per heavy atom. The number of anilines is 1. The van der Waals surface area contributed by atoms with Crippen molar-refractivity contribution in [1.29, 1.82) is 0 Å². The lowest BCUT2D eigenvalue weighted by molar-refractivity contribution is -0.121. The molecule has 1 aromatic carbocycles. The largest absolute Gasteiger partial charge is 0.494 e. The standard InChI is InChI=1S/C20H28N2O3/c1-2-25-17-12-10-16(11-13-17)22-19(23)14-18(20(22)24)21-15-8-6-4-3-5-7-9-15/h10-13,15,18,21H,2-9,14H2,1H3/t18-/m1/s1. The molecular formula is C20H28N2O3. The summed E-state index contributed by atoms with van der Waals surface area (Å²) in [6, 6.07) is 7.12.